The molecule has 0 aliphatic rings. The van der Waals surface area contributed by atoms with Gasteiger partial charge in [-0.15, -0.1) is 0 Å². The molecule has 3 nitrogen and oxygen atoms in total. The predicted molar refractivity (Wildman–Crippen MR) is 75.3 cm³/mol. The zero-order valence-corrected chi connectivity index (χ0v) is 11.4. The van der Waals surface area contributed by atoms with Crippen LogP contribution in [-0.2, 0) is 13.2 Å². The molecule has 2 aromatic carbocycles. The Morgan fingerprint density at radius 3 is 2.67 bits per heavy atom. The minimum Gasteiger partial charge on any atom is -0.489 e. The van der Waals surface area contributed by atoms with Gasteiger partial charge in [0.1, 0.15) is 12.4 Å². The van der Waals surface area contributed by atoms with Gasteiger partial charge < -0.3 is 15.6 Å². The monoisotopic (exact) mass is 307 g/mol. The van der Waals surface area contributed by atoms with Crippen molar-refractivity contribution < 1.29 is 9.84 Å². The lowest BCUT2D eigenvalue weighted by Crippen LogP contribution is -2.01. The summed E-state index contributed by atoms with van der Waals surface area (Å²) < 4.78 is 6.61. The van der Waals surface area contributed by atoms with Crippen LogP contribution in [0.4, 0.5) is 5.69 Å². The van der Waals surface area contributed by atoms with Gasteiger partial charge in [-0.05, 0) is 29.8 Å². The second kappa shape index (κ2) is 5.89. The minimum atomic E-state index is 0.00830. The molecule has 0 aliphatic heterocycles. The molecule has 0 amide bonds. The van der Waals surface area contributed by atoms with Crippen molar-refractivity contribution in [1.29, 1.82) is 0 Å². The Bertz CT molecular complexity index is 523. The standard InChI is InChI=1S/C14H14BrNO2/c15-13-5-2-6-14(16)12(13)9-18-11-4-1-3-10(7-11)8-17/h1-7,17H,8-9,16H2. The van der Waals surface area contributed by atoms with E-state index >= 15 is 0 Å². The maximum absolute atomic E-state index is 9.05. The molecule has 0 radical (unpaired) electrons. The lowest BCUT2D eigenvalue weighted by molar-refractivity contribution is 0.278. The summed E-state index contributed by atoms with van der Waals surface area (Å²) in [5.74, 6) is 0.719. The van der Waals surface area contributed by atoms with Gasteiger partial charge in [0.2, 0.25) is 0 Å². The van der Waals surface area contributed by atoms with Gasteiger partial charge in [0.05, 0.1) is 6.61 Å². The normalized spacial score (nSPS) is 10.3. The fourth-order valence-electron chi connectivity index (χ4n) is 1.62. The number of nitrogens with two attached hydrogens (primary N) is 1. The summed E-state index contributed by atoms with van der Waals surface area (Å²) in [6.07, 6.45) is 0. The van der Waals surface area contributed by atoms with Crippen LogP contribution in [-0.4, -0.2) is 5.11 Å². The molecule has 0 aliphatic carbocycles. The van der Waals surface area contributed by atoms with Crippen molar-refractivity contribution in [1.82, 2.24) is 0 Å². The van der Waals surface area contributed by atoms with Crippen LogP contribution in [0.3, 0.4) is 0 Å². The molecule has 0 unspecified atom stereocenters. The van der Waals surface area contributed by atoms with E-state index in [4.69, 9.17) is 15.6 Å². The number of hydrogen-bond acceptors (Lipinski definition) is 3. The number of benzene rings is 2. The molecule has 0 heterocycles. The first-order valence-corrected chi connectivity index (χ1v) is 6.35. The lowest BCUT2D eigenvalue weighted by atomic mass is 10.2. The van der Waals surface area contributed by atoms with Gasteiger partial charge in [-0.25, -0.2) is 0 Å². The van der Waals surface area contributed by atoms with Crippen LogP contribution in [0.25, 0.3) is 0 Å². The molecule has 0 atom stereocenters. The van der Waals surface area contributed by atoms with Crippen LogP contribution < -0.4 is 10.5 Å². The van der Waals surface area contributed by atoms with Crippen LogP contribution in [0.1, 0.15) is 11.1 Å². The molecule has 0 aromatic heterocycles. The topological polar surface area (TPSA) is 55.5 Å². The molecule has 0 saturated carbocycles. The Balaban J connectivity index is 2.11. The summed E-state index contributed by atoms with van der Waals surface area (Å²) in [5.41, 5.74) is 8.34. The summed E-state index contributed by atoms with van der Waals surface area (Å²) in [7, 11) is 0. The van der Waals surface area contributed by atoms with Crippen molar-refractivity contribution in [2.45, 2.75) is 13.2 Å². The van der Waals surface area contributed by atoms with Gasteiger partial charge in [0, 0.05) is 15.7 Å². The van der Waals surface area contributed by atoms with Crippen molar-refractivity contribution in [3.8, 4) is 5.75 Å². The molecule has 2 aromatic rings. The number of anilines is 1. The van der Waals surface area contributed by atoms with Crippen LogP contribution in [0, 0.1) is 0 Å². The van der Waals surface area contributed by atoms with Gasteiger partial charge in [0.25, 0.3) is 0 Å². The number of halogens is 1. The molecule has 18 heavy (non-hydrogen) atoms. The highest BCUT2D eigenvalue weighted by atomic mass is 79.9. The lowest BCUT2D eigenvalue weighted by Gasteiger charge is -2.11. The van der Waals surface area contributed by atoms with Gasteiger partial charge in [0.15, 0.2) is 0 Å². The summed E-state index contributed by atoms with van der Waals surface area (Å²) in [5, 5.41) is 9.05. The van der Waals surface area contributed by atoms with Crippen molar-refractivity contribution in [3.05, 3.63) is 58.1 Å². The van der Waals surface area contributed by atoms with E-state index in [0.717, 1.165) is 21.3 Å². The molecule has 3 N–H and O–H groups in total. The molecule has 0 bridgehead atoms. The molecule has 2 rings (SSSR count). The highest BCUT2D eigenvalue weighted by molar-refractivity contribution is 9.10. The van der Waals surface area contributed by atoms with E-state index in [2.05, 4.69) is 15.9 Å². The molecule has 94 valence electrons. The Morgan fingerprint density at radius 2 is 1.94 bits per heavy atom. The zero-order chi connectivity index (χ0) is 13.0. The first kappa shape index (κ1) is 12.9. The number of hydrogen-bond donors (Lipinski definition) is 2. The highest BCUT2D eigenvalue weighted by Crippen LogP contribution is 2.24. The van der Waals surface area contributed by atoms with Crippen LogP contribution in [0.2, 0.25) is 0 Å². The van der Waals surface area contributed by atoms with Gasteiger partial charge in [-0.1, -0.05) is 34.1 Å². The average Bonchev–Trinajstić information content (AvgIpc) is 2.38. The molecule has 0 spiro atoms. The number of aliphatic hydroxyl groups is 1. The Hall–Kier alpha value is -1.52. The second-order valence-corrected chi connectivity index (χ2v) is 4.76. The van der Waals surface area contributed by atoms with Crippen molar-refractivity contribution in [2.75, 3.05) is 5.73 Å². The van der Waals surface area contributed by atoms with Gasteiger partial charge >= 0.3 is 0 Å². The molecule has 0 saturated heterocycles. The number of nitrogen functional groups attached to an aromatic ring is 1. The summed E-state index contributed by atoms with van der Waals surface area (Å²) in [4.78, 5) is 0. The highest BCUT2D eigenvalue weighted by Gasteiger charge is 2.05. The van der Waals surface area contributed by atoms with Crippen molar-refractivity contribution >= 4 is 21.6 Å². The Morgan fingerprint density at radius 1 is 1.17 bits per heavy atom. The fourth-order valence-corrected chi connectivity index (χ4v) is 2.11. The quantitative estimate of drug-likeness (QED) is 0.853. The third-order valence-corrected chi connectivity index (χ3v) is 3.36. The van der Waals surface area contributed by atoms with Gasteiger partial charge in [-0.2, -0.15) is 0 Å². The molecule has 0 fully saturated rings. The fraction of sp³-hybridized carbons (Fsp3) is 0.143. The first-order valence-electron chi connectivity index (χ1n) is 5.56. The van der Waals surface area contributed by atoms with E-state index in [0.29, 0.717) is 12.3 Å². The zero-order valence-electron chi connectivity index (χ0n) is 9.77. The van der Waals surface area contributed by atoms with Crippen LogP contribution >= 0.6 is 15.9 Å². The first-order chi connectivity index (χ1) is 8.70. The molecular formula is C14H14BrNO2. The van der Waals surface area contributed by atoms with Crippen molar-refractivity contribution in [2.24, 2.45) is 0 Å². The maximum atomic E-state index is 9.05. The van der Waals surface area contributed by atoms with Crippen LogP contribution in [0.15, 0.2) is 46.9 Å². The largest absolute Gasteiger partial charge is 0.489 e. The van der Waals surface area contributed by atoms with E-state index in [9.17, 15) is 0 Å². The van der Waals surface area contributed by atoms with E-state index < -0.39 is 0 Å². The molecule has 4 heteroatoms. The van der Waals surface area contributed by atoms with E-state index in [1.807, 2.05) is 42.5 Å². The van der Waals surface area contributed by atoms with Gasteiger partial charge in [-0.3, -0.25) is 0 Å². The minimum absolute atomic E-state index is 0.00830. The van der Waals surface area contributed by atoms with Crippen LogP contribution in [0.5, 0.6) is 5.75 Å². The maximum Gasteiger partial charge on any atom is 0.120 e. The third kappa shape index (κ3) is 3.03. The van der Waals surface area contributed by atoms with E-state index in [-0.39, 0.29) is 6.61 Å². The predicted octanol–water partition coefficient (Wildman–Crippen LogP) is 3.10. The number of aliphatic hydroxyl groups excluding tert-OH is 1. The third-order valence-electron chi connectivity index (χ3n) is 2.62. The Kier molecular flexibility index (Phi) is 4.23. The number of rotatable bonds is 4. The number of ether oxygens (including phenoxy) is 1. The summed E-state index contributed by atoms with van der Waals surface area (Å²) in [6.45, 7) is 0.399. The molecular weight excluding hydrogens is 294 g/mol. The Labute approximate surface area is 114 Å². The summed E-state index contributed by atoms with van der Waals surface area (Å²) >= 11 is 3.45. The van der Waals surface area contributed by atoms with E-state index in [1.165, 1.54) is 0 Å². The van der Waals surface area contributed by atoms with Crippen molar-refractivity contribution in [3.63, 3.8) is 0 Å². The average molecular weight is 308 g/mol. The SMILES string of the molecule is Nc1cccc(Br)c1COc1cccc(CO)c1. The summed E-state index contributed by atoms with van der Waals surface area (Å²) in [6, 6.07) is 13.0. The smallest absolute Gasteiger partial charge is 0.120 e. The second-order valence-electron chi connectivity index (χ2n) is 3.90. The van der Waals surface area contributed by atoms with E-state index in [1.54, 1.807) is 0 Å².